The van der Waals surface area contributed by atoms with E-state index in [1.807, 2.05) is 62.4 Å². The second-order valence-electron chi connectivity index (χ2n) is 7.71. The van der Waals surface area contributed by atoms with Gasteiger partial charge in [-0.1, -0.05) is 12.1 Å². The maximum Gasteiger partial charge on any atom is 0.273 e. The molecule has 0 aliphatic rings. The second kappa shape index (κ2) is 10.6. The molecule has 2 aromatic carbocycles. The van der Waals surface area contributed by atoms with Crippen LogP contribution in [0.3, 0.4) is 0 Å². The fourth-order valence-electron chi connectivity index (χ4n) is 2.98. The van der Waals surface area contributed by atoms with Crippen LogP contribution in [0.1, 0.15) is 31.5 Å². The van der Waals surface area contributed by atoms with Gasteiger partial charge in [0, 0.05) is 31.5 Å². The topological polar surface area (TPSA) is 97.4 Å². The molecule has 32 heavy (non-hydrogen) atoms. The highest BCUT2D eigenvalue weighted by atomic mass is 16.5. The van der Waals surface area contributed by atoms with Crippen LogP contribution in [0.2, 0.25) is 0 Å². The fraction of sp³-hybridized carbons (Fsp3) is 0.333. The van der Waals surface area contributed by atoms with E-state index in [0.29, 0.717) is 23.7 Å². The predicted molar refractivity (Wildman–Crippen MR) is 122 cm³/mol. The molecular formula is C24H28N4O4. The molecule has 1 heterocycles. The molecule has 3 aromatic rings. The number of hydrogen-bond donors (Lipinski definition) is 1. The average molecular weight is 437 g/mol. The van der Waals surface area contributed by atoms with E-state index in [2.05, 4.69) is 15.2 Å². The molecule has 0 saturated heterocycles. The monoisotopic (exact) mass is 436 g/mol. The summed E-state index contributed by atoms with van der Waals surface area (Å²) >= 11 is 0. The second-order valence-corrected chi connectivity index (χ2v) is 7.71. The molecule has 0 aliphatic heterocycles. The Labute approximate surface area is 187 Å². The summed E-state index contributed by atoms with van der Waals surface area (Å²) in [6.07, 6.45) is 0.459. The molecule has 3 rings (SSSR count). The molecule has 0 spiro atoms. The van der Waals surface area contributed by atoms with E-state index < -0.39 is 0 Å². The van der Waals surface area contributed by atoms with Gasteiger partial charge in [0.25, 0.3) is 5.56 Å². The van der Waals surface area contributed by atoms with Crippen molar-refractivity contribution in [1.82, 2.24) is 20.1 Å². The molecule has 1 aromatic heterocycles. The van der Waals surface area contributed by atoms with E-state index in [4.69, 9.17) is 9.47 Å². The molecule has 1 amide bonds. The first-order chi connectivity index (χ1) is 15.4. The lowest BCUT2D eigenvalue weighted by atomic mass is 10.2. The maximum absolute atomic E-state index is 12.4. The molecule has 1 N–H and O–H groups in total. The number of methoxy groups -OCH3 is 1. The lowest BCUT2D eigenvalue weighted by Crippen LogP contribution is -2.33. The highest BCUT2D eigenvalue weighted by molar-refractivity contribution is 5.76. The summed E-state index contributed by atoms with van der Waals surface area (Å²) in [7, 11) is 3.37. The molecule has 0 unspecified atom stereocenters. The van der Waals surface area contributed by atoms with Gasteiger partial charge in [-0.05, 0) is 55.8 Å². The zero-order valence-corrected chi connectivity index (χ0v) is 18.8. The maximum atomic E-state index is 12.4. The van der Waals surface area contributed by atoms with Gasteiger partial charge in [0.2, 0.25) is 5.91 Å². The summed E-state index contributed by atoms with van der Waals surface area (Å²) in [5.41, 5.74) is 1.62. The smallest absolute Gasteiger partial charge is 0.273 e. The van der Waals surface area contributed by atoms with Gasteiger partial charge in [0.05, 0.1) is 7.11 Å². The van der Waals surface area contributed by atoms with Gasteiger partial charge < -0.3 is 19.4 Å². The Morgan fingerprint density at radius 1 is 1.09 bits per heavy atom. The van der Waals surface area contributed by atoms with Crippen LogP contribution in [0, 0.1) is 0 Å². The van der Waals surface area contributed by atoms with Crippen molar-refractivity contribution in [2.75, 3.05) is 14.2 Å². The standard InChI is InChI=1S/C24H28N4O4/c1-16(2)28(3)22(29)13-12-21-24(30)25-23(27-26-21)18-8-10-19(11-9-18)32-15-17-6-5-7-20(14-17)31-4/h5-11,14,16H,12-13,15H2,1-4H3,(H,25,27,30). The SMILES string of the molecule is COc1cccc(COc2ccc(-c3nnc(CCC(=O)N(C)C(C)C)c(=O)[nH]3)cc2)c1. The zero-order chi connectivity index (χ0) is 23.1. The molecule has 168 valence electrons. The van der Waals surface area contributed by atoms with Gasteiger partial charge in [-0.2, -0.15) is 0 Å². The summed E-state index contributed by atoms with van der Waals surface area (Å²) in [5.74, 6) is 1.80. The number of nitrogens with one attached hydrogen (secondary N) is 1. The zero-order valence-electron chi connectivity index (χ0n) is 18.8. The summed E-state index contributed by atoms with van der Waals surface area (Å²) in [5, 5.41) is 8.16. The third-order valence-electron chi connectivity index (χ3n) is 5.18. The van der Waals surface area contributed by atoms with Crippen LogP contribution in [-0.2, 0) is 17.8 Å². The Balaban J connectivity index is 1.61. The number of carbonyl (C=O) groups is 1. The Hall–Kier alpha value is -3.68. The van der Waals surface area contributed by atoms with E-state index in [1.54, 1.807) is 19.1 Å². The third-order valence-corrected chi connectivity index (χ3v) is 5.18. The van der Waals surface area contributed by atoms with Crippen molar-refractivity contribution in [3.8, 4) is 22.9 Å². The van der Waals surface area contributed by atoms with E-state index in [1.165, 1.54) is 0 Å². The average Bonchev–Trinajstić information content (AvgIpc) is 2.81. The number of aromatic nitrogens is 3. The molecule has 0 aliphatic carbocycles. The Kier molecular flexibility index (Phi) is 7.59. The lowest BCUT2D eigenvalue weighted by molar-refractivity contribution is -0.131. The van der Waals surface area contributed by atoms with Crippen LogP contribution in [0.5, 0.6) is 11.5 Å². The largest absolute Gasteiger partial charge is 0.497 e. The van der Waals surface area contributed by atoms with Crippen molar-refractivity contribution >= 4 is 5.91 Å². The lowest BCUT2D eigenvalue weighted by Gasteiger charge is -2.21. The van der Waals surface area contributed by atoms with E-state index >= 15 is 0 Å². The number of rotatable bonds is 9. The quantitative estimate of drug-likeness (QED) is 0.553. The molecule has 0 atom stereocenters. The molecule has 0 fully saturated rings. The fourth-order valence-corrected chi connectivity index (χ4v) is 2.98. The number of aryl methyl sites for hydroxylation is 1. The first kappa shape index (κ1) is 23.0. The van der Waals surface area contributed by atoms with Gasteiger partial charge in [0.15, 0.2) is 5.82 Å². The molecule has 8 nitrogen and oxygen atoms in total. The van der Waals surface area contributed by atoms with Crippen molar-refractivity contribution < 1.29 is 14.3 Å². The summed E-state index contributed by atoms with van der Waals surface area (Å²) in [6, 6.07) is 15.0. The third kappa shape index (κ3) is 5.94. The number of aromatic amines is 1. The Morgan fingerprint density at radius 3 is 2.50 bits per heavy atom. The number of hydrogen-bond acceptors (Lipinski definition) is 6. The predicted octanol–water partition coefficient (Wildman–Crippen LogP) is 3.22. The minimum Gasteiger partial charge on any atom is -0.497 e. The van der Waals surface area contributed by atoms with Gasteiger partial charge in [-0.25, -0.2) is 0 Å². The summed E-state index contributed by atoms with van der Waals surface area (Å²) in [6.45, 7) is 4.29. The minimum atomic E-state index is -0.339. The first-order valence-corrected chi connectivity index (χ1v) is 10.4. The van der Waals surface area contributed by atoms with Crippen LogP contribution in [0.25, 0.3) is 11.4 Å². The van der Waals surface area contributed by atoms with Gasteiger partial charge in [-0.15, -0.1) is 10.2 Å². The van der Waals surface area contributed by atoms with Crippen LogP contribution in [0.15, 0.2) is 53.3 Å². The number of nitrogens with zero attached hydrogens (tertiary/aromatic N) is 3. The van der Waals surface area contributed by atoms with Gasteiger partial charge in [-0.3, -0.25) is 9.59 Å². The molecule has 0 radical (unpaired) electrons. The highest BCUT2D eigenvalue weighted by Crippen LogP contribution is 2.20. The van der Waals surface area contributed by atoms with Crippen LogP contribution in [0.4, 0.5) is 0 Å². The van der Waals surface area contributed by atoms with E-state index in [-0.39, 0.29) is 36.0 Å². The minimum absolute atomic E-state index is 0.0326. The van der Waals surface area contributed by atoms with Gasteiger partial charge in [0.1, 0.15) is 23.8 Å². The molecular weight excluding hydrogens is 408 g/mol. The number of carbonyl (C=O) groups excluding carboxylic acids is 1. The number of benzene rings is 2. The van der Waals surface area contributed by atoms with Crippen LogP contribution in [-0.4, -0.2) is 46.2 Å². The number of amides is 1. The molecule has 0 saturated carbocycles. The van der Waals surface area contributed by atoms with Crippen molar-refractivity contribution in [2.24, 2.45) is 0 Å². The van der Waals surface area contributed by atoms with Crippen molar-refractivity contribution in [1.29, 1.82) is 0 Å². The molecule has 8 heteroatoms. The summed E-state index contributed by atoms with van der Waals surface area (Å²) < 4.78 is 11.0. The van der Waals surface area contributed by atoms with Crippen LogP contribution >= 0.6 is 0 Å². The first-order valence-electron chi connectivity index (χ1n) is 10.4. The summed E-state index contributed by atoms with van der Waals surface area (Å²) in [4.78, 5) is 28.9. The van der Waals surface area contributed by atoms with E-state index in [0.717, 1.165) is 11.3 Å². The van der Waals surface area contributed by atoms with Crippen LogP contribution < -0.4 is 15.0 Å². The number of H-pyrrole nitrogens is 1. The molecule has 0 bridgehead atoms. The van der Waals surface area contributed by atoms with E-state index in [9.17, 15) is 9.59 Å². The number of ether oxygens (including phenoxy) is 2. The Bertz CT molecular complexity index is 1110. The Morgan fingerprint density at radius 2 is 1.84 bits per heavy atom. The van der Waals surface area contributed by atoms with Gasteiger partial charge >= 0.3 is 0 Å². The normalized spacial score (nSPS) is 10.8. The highest BCUT2D eigenvalue weighted by Gasteiger charge is 2.14. The van der Waals surface area contributed by atoms with Crippen molar-refractivity contribution in [3.63, 3.8) is 0 Å². The van der Waals surface area contributed by atoms with Crippen molar-refractivity contribution in [2.45, 2.75) is 39.3 Å². The van der Waals surface area contributed by atoms with Crippen molar-refractivity contribution in [3.05, 3.63) is 70.1 Å².